The van der Waals surface area contributed by atoms with E-state index < -0.39 is 18.0 Å². The van der Waals surface area contributed by atoms with Crippen molar-refractivity contribution in [2.45, 2.75) is 26.3 Å². The molecule has 0 spiro atoms. The minimum absolute atomic E-state index is 0.144. The van der Waals surface area contributed by atoms with E-state index in [4.69, 9.17) is 33.0 Å². The molecule has 6 nitrogen and oxygen atoms in total. The number of hydrogen-bond donors (Lipinski definition) is 3. The van der Waals surface area contributed by atoms with E-state index >= 15 is 0 Å². The first kappa shape index (κ1) is 18.4. The summed E-state index contributed by atoms with van der Waals surface area (Å²) < 4.78 is 5.28. The number of hydrogen-bond acceptors (Lipinski definition) is 3. The number of halogens is 2. The number of amides is 2. The van der Waals surface area contributed by atoms with Crippen LogP contribution in [0.3, 0.4) is 0 Å². The van der Waals surface area contributed by atoms with Crippen LogP contribution in [-0.4, -0.2) is 29.9 Å². The SMILES string of the molecule is CC(C)CC(NC(=O)NCOc1ccc(Cl)cc1Cl)C(=O)O. The maximum absolute atomic E-state index is 11.6. The van der Waals surface area contributed by atoms with Crippen molar-refractivity contribution in [1.82, 2.24) is 10.6 Å². The summed E-state index contributed by atoms with van der Waals surface area (Å²) in [6.45, 7) is 3.60. The quantitative estimate of drug-likeness (QED) is 0.660. The molecule has 0 aliphatic rings. The van der Waals surface area contributed by atoms with E-state index in [0.29, 0.717) is 22.2 Å². The van der Waals surface area contributed by atoms with Gasteiger partial charge in [0.05, 0.1) is 5.02 Å². The summed E-state index contributed by atoms with van der Waals surface area (Å²) in [6, 6.07) is 3.12. The van der Waals surface area contributed by atoms with Gasteiger partial charge in [0.15, 0.2) is 6.73 Å². The molecule has 0 aromatic heterocycles. The first-order chi connectivity index (χ1) is 10.3. The molecule has 1 aromatic carbocycles. The molecule has 0 aliphatic carbocycles. The Hall–Kier alpha value is -1.66. The lowest BCUT2D eigenvalue weighted by atomic mass is 10.0. The largest absolute Gasteiger partial charge is 0.480 e. The molecule has 0 radical (unpaired) electrons. The average Bonchev–Trinajstić information content (AvgIpc) is 2.40. The smallest absolute Gasteiger partial charge is 0.326 e. The third-order valence-corrected chi connectivity index (χ3v) is 3.20. The molecule has 3 N–H and O–H groups in total. The van der Waals surface area contributed by atoms with Crippen LogP contribution in [0.25, 0.3) is 0 Å². The van der Waals surface area contributed by atoms with Crippen LogP contribution in [-0.2, 0) is 4.79 Å². The van der Waals surface area contributed by atoms with Crippen molar-refractivity contribution >= 4 is 35.2 Å². The van der Waals surface area contributed by atoms with Gasteiger partial charge in [0.1, 0.15) is 11.8 Å². The zero-order valence-corrected chi connectivity index (χ0v) is 13.7. The highest BCUT2D eigenvalue weighted by atomic mass is 35.5. The summed E-state index contributed by atoms with van der Waals surface area (Å²) in [5.41, 5.74) is 0. The number of ether oxygens (including phenoxy) is 1. The van der Waals surface area contributed by atoms with E-state index in [1.54, 1.807) is 12.1 Å². The summed E-state index contributed by atoms with van der Waals surface area (Å²) in [7, 11) is 0. The zero-order chi connectivity index (χ0) is 16.7. The molecule has 22 heavy (non-hydrogen) atoms. The summed E-state index contributed by atoms with van der Waals surface area (Å²) in [5.74, 6) is -0.570. The van der Waals surface area contributed by atoms with E-state index in [1.807, 2.05) is 13.8 Å². The topological polar surface area (TPSA) is 87.7 Å². The highest BCUT2D eigenvalue weighted by Gasteiger charge is 2.20. The van der Waals surface area contributed by atoms with Gasteiger partial charge in [0.25, 0.3) is 0 Å². The van der Waals surface area contributed by atoms with Gasteiger partial charge >= 0.3 is 12.0 Å². The molecule has 1 unspecified atom stereocenters. The van der Waals surface area contributed by atoms with E-state index in [9.17, 15) is 9.59 Å². The van der Waals surface area contributed by atoms with Crippen LogP contribution in [0.4, 0.5) is 4.79 Å². The van der Waals surface area contributed by atoms with Crippen molar-refractivity contribution in [3.8, 4) is 5.75 Å². The van der Waals surface area contributed by atoms with E-state index in [1.165, 1.54) is 6.07 Å². The van der Waals surface area contributed by atoms with Crippen LogP contribution < -0.4 is 15.4 Å². The Labute approximate surface area is 138 Å². The predicted molar refractivity (Wildman–Crippen MR) is 84.5 cm³/mol. The van der Waals surface area contributed by atoms with Crippen molar-refractivity contribution in [1.29, 1.82) is 0 Å². The highest BCUT2D eigenvalue weighted by Crippen LogP contribution is 2.27. The van der Waals surface area contributed by atoms with Gasteiger partial charge in [-0.05, 0) is 30.5 Å². The van der Waals surface area contributed by atoms with Crippen LogP contribution >= 0.6 is 23.2 Å². The molecule has 2 amide bonds. The normalized spacial score (nSPS) is 11.9. The van der Waals surface area contributed by atoms with E-state index in [2.05, 4.69) is 10.6 Å². The Kier molecular flexibility index (Phi) is 7.27. The Morgan fingerprint density at radius 2 is 2.00 bits per heavy atom. The Morgan fingerprint density at radius 3 is 2.55 bits per heavy atom. The number of nitrogens with one attached hydrogen (secondary N) is 2. The van der Waals surface area contributed by atoms with Crippen molar-refractivity contribution in [2.24, 2.45) is 5.92 Å². The third-order valence-electron chi connectivity index (χ3n) is 2.66. The van der Waals surface area contributed by atoms with Gasteiger partial charge in [0, 0.05) is 5.02 Å². The zero-order valence-electron chi connectivity index (χ0n) is 12.2. The molecule has 8 heteroatoms. The minimum atomic E-state index is -1.08. The maximum atomic E-state index is 11.6. The summed E-state index contributed by atoms with van der Waals surface area (Å²) in [4.78, 5) is 22.7. The number of carbonyl (C=O) groups is 2. The Bertz CT molecular complexity index is 538. The second-order valence-corrected chi connectivity index (χ2v) is 5.88. The van der Waals surface area contributed by atoms with Crippen LogP contribution in [0.15, 0.2) is 18.2 Å². The molecule has 0 fully saturated rings. The fourth-order valence-corrected chi connectivity index (χ4v) is 2.14. The molecule has 1 aromatic rings. The first-order valence-corrected chi connectivity index (χ1v) is 7.40. The van der Waals surface area contributed by atoms with Crippen LogP contribution in [0.5, 0.6) is 5.75 Å². The number of benzene rings is 1. The predicted octanol–water partition coefficient (Wildman–Crippen LogP) is 3.13. The lowest BCUT2D eigenvalue weighted by Gasteiger charge is -2.17. The molecule has 0 bridgehead atoms. The Balaban J connectivity index is 2.43. The van der Waals surface area contributed by atoms with Crippen LogP contribution in [0.1, 0.15) is 20.3 Å². The number of carbonyl (C=O) groups excluding carboxylic acids is 1. The summed E-state index contributed by atoms with van der Waals surface area (Å²) in [5, 5.41) is 14.6. The van der Waals surface area contributed by atoms with Crippen LogP contribution in [0.2, 0.25) is 10.0 Å². The molecule has 0 aliphatic heterocycles. The number of urea groups is 1. The van der Waals surface area contributed by atoms with Crippen molar-refractivity contribution in [3.63, 3.8) is 0 Å². The maximum Gasteiger partial charge on any atom is 0.326 e. The van der Waals surface area contributed by atoms with Gasteiger partial charge in [0.2, 0.25) is 0 Å². The lowest BCUT2D eigenvalue weighted by Crippen LogP contribution is -2.47. The molecule has 1 rings (SSSR count). The lowest BCUT2D eigenvalue weighted by molar-refractivity contribution is -0.139. The number of aliphatic carboxylic acids is 1. The molecule has 122 valence electrons. The third kappa shape index (κ3) is 6.41. The fourth-order valence-electron chi connectivity index (χ4n) is 1.67. The molecule has 1 atom stereocenters. The van der Waals surface area contributed by atoms with Crippen molar-refractivity contribution in [3.05, 3.63) is 28.2 Å². The molecule has 0 saturated heterocycles. The first-order valence-electron chi connectivity index (χ1n) is 6.64. The van der Waals surface area contributed by atoms with E-state index in [0.717, 1.165) is 0 Å². The van der Waals surface area contributed by atoms with Crippen LogP contribution in [0, 0.1) is 5.92 Å². The van der Waals surface area contributed by atoms with Gasteiger partial charge in [-0.25, -0.2) is 9.59 Å². The molecule has 0 saturated carbocycles. The summed E-state index contributed by atoms with van der Waals surface area (Å²) >= 11 is 11.7. The van der Waals surface area contributed by atoms with Gasteiger partial charge in [-0.2, -0.15) is 0 Å². The number of rotatable bonds is 7. The number of carboxylic acids is 1. The molecule has 0 heterocycles. The van der Waals surface area contributed by atoms with Gasteiger partial charge < -0.3 is 20.5 Å². The number of carboxylic acid groups (broad SMARTS) is 1. The second-order valence-electron chi connectivity index (χ2n) is 5.03. The monoisotopic (exact) mass is 348 g/mol. The summed E-state index contributed by atoms with van der Waals surface area (Å²) in [6.07, 6.45) is 0.340. The second kappa shape index (κ2) is 8.70. The van der Waals surface area contributed by atoms with Gasteiger partial charge in [-0.1, -0.05) is 37.0 Å². The van der Waals surface area contributed by atoms with Gasteiger partial charge in [-0.3, -0.25) is 0 Å². The van der Waals surface area contributed by atoms with Gasteiger partial charge in [-0.15, -0.1) is 0 Å². The molecular weight excluding hydrogens is 331 g/mol. The average molecular weight is 349 g/mol. The standard InChI is InChI=1S/C14H18Cl2N2O4/c1-8(2)5-11(13(19)20)18-14(21)17-7-22-12-4-3-9(15)6-10(12)16/h3-4,6,8,11H,5,7H2,1-2H3,(H,19,20)(H2,17,18,21). The Morgan fingerprint density at radius 1 is 1.32 bits per heavy atom. The fraction of sp³-hybridized carbons (Fsp3) is 0.429. The van der Waals surface area contributed by atoms with Crippen molar-refractivity contribution in [2.75, 3.05) is 6.73 Å². The highest BCUT2D eigenvalue weighted by molar-refractivity contribution is 6.35. The van der Waals surface area contributed by atoms with E-state index in [-0.39, 0.29) is 12.6 Å². The van der Waals surface area contributed by atoms with Crippen molar-refractivity contribution < 1.29 is 19.4 Å². The molecular formula is C14H18Cl2N2O4. The minimum Gasteiger partial charge on any atom is -0.480 e.